The number of hydrogen-bond acceptors (Lipinski definition) is 4. The molecular weight excluding hydrogens is 164 g/mol. The van der Waals surface area contributed by atoms with Gasteiger partial charge >= 0.3 is 0 Å². The van der Waals surface area contributed by atoms with Gasteiger partial charge in [-0.3, -0.25) is 4.79 Å². The van der Waals surface area contributed by atoms with Crippen LogP contribution in [0.5, 0.6) is 0 Å². The summed E-state index contributed by atoms with van der Waals surface area (Å²) in [6, 6.07) is 0. The standard InChI is InChI=1S/C6H8N2O2S/c1-10-3-5-8-2-4(11-5)6(7)9/h2H,3H2,1H3,(H2,7,9). The largest absolute Gasteiger partial charge is 0.378 e. The lowest BCUT2D eigenvalue weighted by Crippen LogP contribution is -2.08. The van der Waals surface area contributed by atoms with Crippen molar-refractivity contribution < 1.29 is 9.53 Å². The smallest absolute Gasteiger partial charge is 0.260 e. The molecule has 1 aromatic rings. The molecule has 0 fully saturated rings. The van der Waals surface area contributed by atoms with Gasteiger partial charge in [-0.15, -0.1) is 11.3 Å². The highest BCUT2D eigenvalue weighted by Gasteiger charge is 2.05. The zero-order valence-electron chi connectivity index (χ0n) is 6.03. The molecule has 4 nitrogen and oxygen atoms in total. The van der Waals surface area contributed by atoms with Gasteiger partial charge in [-0.25, -0.2) is 4.98 Å². The van der Waals surface area contributed by atoms with Gasteiger partial charge in [0.15, 0.2) is 0 Å². The second-order valence-corrected chi connectivity index (χ2v) is 3.03. The van der Waals surface area contributed by atoms with Gasteiger partial charge in [-0.05, 0) is 0 Å². The molecule has 1 aromatic heterocycles. The van der Waals surface area contributed by atoms with Crippen molar-refractivity contribution in [3.05, 3.63) is 16.1 Å². The van der Waals surface area contributed by atoms with Crippen LogP contribution in [0.25, 0.3) is 0 Å². The molecule has 0 saturated carbocycles. The predicted octanol–water partition coefficient (Wildman–Crippen LogP) is 0.388. The molecule has 0 saturated heterocycles. The van der Waals surface area contributed by atoms with Gasteiger partial charge in [0.25, 0.3) is 5.91 Å². The summed E-state index contributed by atoms with van der Waals surface area (Å²) in [6.07, 6.45) is 1.46. The van der Waals surface area contributed by atoms with E-state index in [4.69, 9.17) is 10.5 Å². The first kappa shape index (κ1) is 8.16. The van der Waals surface area contributed by atoms with Crippen LogP contribution < -0.4 is 5.73 Å². The number of rotatable bonds is 3. The zero-order valence-corrected chi connectivity index (χ0v) is 6.85. The first-order valence-corrected chi connectivity index (χ1v) is 3.79. The van der Waals surface area contributed by atoms with Gasteiger partial charge in [0.2, 0.25) is 0 Å². The molecule has 0 aromatic carbocycles. The van der Waals surface area contributed by atoms with E-state index in [9.17, 15) is 4.79 Å². The Bertz CT molecular complexity index is 259. The van der Waals surface area contributed by atoms with Crippen LogP contribution in [-0.4, -0.2) is 18.0 Å². The third kappa shape index (κ3) is 1.99. The quantitative estimate of drug-likeness (QED) is 0.717. The Kier molecular flexibility index (Phi) is 2.56. The van der Waals surface area contributed by atoms with Gasteiger partial charge in [0, 0.05) is 7.11 Å². The Morgan fingerprint density at radius 1 is 1.91 bits per heavy atom. The molecular formula is C6H8N2O2S. The maximum absolute atomic E-state index is 10.6. The number of aromatic nitrogens is 1. The average Bonchev–Trinajstić information content (AvgIpc) is 2.37. The molecule has 0 radical (unpaired) electrons. The van der Waals surface area contributed by atoms with Crippen LogP contribution >= 0.6 is 11.3 Å². The van der Waals surface area contributed by atoms with Crippen molar-refractivity contribution in [3.63, 3.8) is 0 Å². The molecule has 1 amide bonds. The third-order valence-corrected chi connectivity index (χ3v) is 2.05. The first-order valence-electron chi connectivity index (χ1n) is 2.97. The van der Waals surface area contributed by atoms with Crippen LogP contribution in [0.1, 0.15) is 14.7 Å². The Labute approximate surface area is 68.0 Å². The van der Waals surface area contributed by atoms with Crippen LogP contribution in [0.2, 0.25) is 0 Å². The fourth-order valence-electron chi connectivity index (χ4n) is 0.614. The molecule has 0 aliphatic heterocycles. The van der Waals surface area contributed by atoms with E-state index in [1.54, 1.807) is 7.11 Å². The average molecular weight is 172 g/mol. The van der Waals surface area contributed by atoms with E-state index in [1.807, 2.05) is 0 Å². The molecule has 60 valence electrons. The summed E-state index contributed by atoms with van der Waals surface area (Å²) in [6.45, 7) is 0.429. The molecule has 0 aliphatic rings. The second-order valence-electron chi connectivity index (χ2n) is 1.92. The summed E-state index contributed by atoms with van der Waals surface area (Å²) < 4.78 is 4.82. The van der Waals surface area contributed by atoms with Crippen molar-refractivity contribution in [1.29, 1.82) is 0 Å². The lowest BCUT2D eigenvalue weighted by molar-refractivity contribution is 0.100. The number of carbonyl (C=O) groups is 1. The van der Waals surface area contributed by atoms with Crippen LogP contribution in [0.3, 0.4) is 0 Å². The number of primary amides is 1. The van der Waals surface area contributed by atoms with Crippen molar-refractivity contribution in [2.75, 3.05) is 7.11 Å². The van der Waals surface area contributed by atoms with E-state index >= 15 is 0 Å². The Morgan fingerprint density at radius 3 is 3.09 bits per heavy atom. The van der Waals surface area contributed by atoms with Crippen molar-refractivity contribution in [2.24, 2.45) is 5.73 Å². The summed E-state index contributed by atoms with van der Waals surface area (Å²) >= 11 is 1.25. The first-order chi connectivity index (χ1) is 5.24. The highest BCUT2D eigenvalue weighted by molar-refractivity contribution is 7.13. The van der Waals surface area contributed by atoms with Crippen molar-refractivity contribution in [2.45, 2.75) is 6.61 Å². The fraction of sp³-hybridized carbons (Fsp3) is 0.333. The fourth-order valence-corrected chi connectivity index (χ4v) is 1.36. The number of thiazole rings is 1. The van der Waals surface area contributed by atoms with Crippen LogP contribution in [0.15, 0.2) is 6.20 Å². The predicted molar refractivity (Wildman–Crippen MR) is 41.3 cm³/mol. The molecule has 1 heterocycles. The molecule has 0 aliphatic carbocycles. The van der Waals surface area contributed by atoms with E-state index < -0.39 is 5.91 Å². The summed E-state index contributed by atoms with van der Waals surface area (Å²) in [5.41, 5.74) is 5.01. The van der Waals surface area contributed by atoms with Crippen LogP contribution in [0.4, 0.5) is 0 Å². The summed E-state index contributed by atoms with van der Waals surface area (Å²) in [4.78, 5) is 15.0. The number of carbonyl (C=O) groups excluding carboxylic acids is 1. The van der Waals surface area contributed by atoms with E-state index in [0.717, 1.165) is 5.01 Å². The molecule has 5 heteroatoms. The monoisotopic (exact) mass is 172 g/mol. The Balaban J connectivity index is 2.73. The van der Waals surface area contributed by atoms with Crippen LogP contribution in [0, 0.1) is 0 Å². The summed E-state index contributed by atoms with van der Waals surface area (Å²) in [7, 11) is 1.57. The zero-order chi connectivity index (χ0) is 8.27. The maximum Gasteiger partial charge on any atom is 0.260 e. The Morgan fingerprint density at radius 2 is 2.64 bits per heavy atom. The SMILES string of the molecule is COCc1ncc(C(N)=O)s1. The minimum absolute atomic E-state index is 0.429. The topological polar surface area (TPSA) is 65.2 Å². The normalized spacial score (nSPS) is 9.91. The number of nitrogens with zero attached hydrogens (tertiary/aromatic N) is 1. The van der Waals surface area contributed by atoms with E-state index in [-0.39, 0.29) is 0 Å². The molecule has 0 spiro atoms. The van der Waals surface area contributed by atoms with Crippen molar-refractivity contribution in [3.8, 4) is 0 Å². The number of methoxy groups -OCH3 is 1. The molecule has 0 unspecified atom stereocenters. The molecule has 2 N–H and O–H groups in total. The summed E-state index contributed by atoms with van der Waals surface area (Å²) in [5, 5.41) is 0.765. The molecule has 0 bridgehead atoms. The third-order valence-electron chi connectivity index (χ3n) is 1.06. The van der Waals surface area contributed by atoms with E-state index in [2.05, 4.69) is 4.98 Å². The molecule has 0 atom stereocenters. The minimum atomic E-state index is -0.440. The van der Waals surface area contributed by atoms with Crippen LogP contribution in [-0.2, 0) is 11.3 Å². The number of nitrogens with two attached hydrogens (primary N) is 1. The molecule has 11 heavy (non-hydrogen) atoms. The lowest BCUT2D eigenvalue weighted by atomic mass is 10.5. The van der Waals surface area contributed by atoms with E-state index in [0.29, 0.717) is 11.5 Å². The van der Waals surface area contributed by atoms with Crippen molar-refractivity contribution >= 4 is 17.2 Å². The van der Waals surface area contributed by atoms with Crippen molar-refractivity contribution in [1.82, 2.24) is 4.98 Å². The maximum atomic E-state index is 10.6. The summed E-state index contributed by atoms with van der Waals surface area (Å²) in [5.74, 6) is -0.440. The minimum Gasteiger partial charge on any atom is -0.378 e. The number of amides is 1. The van der Waals surface area contributed by atoms with Gasteiger partial charge < -0.3 is 10.5 Å². The Hall–Kier alpha value is -0.940. The van der Waals surface area contributed by atoms with E-state index in [1.165, 1.54) is 17.5 Å². The van der Waals surface area contributed by atoms with Gasteiger partial charge in [0.1, 0.15) is 9.88 Å². The van der Waals surface area contributed by atoms with Gasteiger partial charge in [0.05, 0.1) is 12.8 Å². The highest BCUT2D eigenvalue weighted by atomic mass is 32.1. The lowest BCUT2D eigenvalue weighted by Gasteiger charge is -1.88. The second kappa shape index (κ2) is 3.45. The van der Waals surface area contributed by atoms with Gasteiger partial charge in [-0.1, -0.05) is 0 Å². The van der Waals surface area contributed by atoms with Gasteiger partial charge in [-0.2, -0.15) is 0 Å². The number of hydrogen-bond donors (Lipinski definition) is 1. The number of ether oxygens (including phenoxy) is 1. The molecule has 1 rings (SSSR count). The highest BCUT2D eigenvalue weighted by Crippen LogP contribution is 2.12.